The van der Waals surface area contributed by atoms with Gasteiger partial charge in [-0.1, -0.05) is 0 Å². The molecule has 1 heterocycles. The summed E-state index contributed by atoms with van der Waals surface area (Å²) in [4.78, 5) is 19.1. The first-order chi connectivity index (χ1) is 11.1. The average Bonchev–Trinajstić information content (AvgIpc) is 2.95. The van der Waals surface area contributed by atoms with Crippen LogP contribution in [0.25, 0.3) is 11.0 Å². The molecule has 1 amide bonds. The number of aromatic amines is 1. The van der Waals surface area contributed by atoms with Gasteiger partial charge in [-0.2, -0.15) is 0 Å². The van der Waals surface area contributed by atoms with Gasteiger partial charge in [0.2, 0.25) is 5.95 Å². The number of ether oxygens (including phenoxy) is 1. The molecule has 2 N–H and O–H groups in total. The molecule has 0 saturated heterocycles. The number of methoxy groups -OCH3 is 1. The second-order valence-corrected chi connectivity index (χ2v) is 5.31. The molecule has 118 valence electrons. The van der Waals surface area contributed by atoms with Gasteiger partial charge in [-0.3, -0.25) is 5.32 Å². The van der Waals surface area contributed by atoms with E-state index in [1.807, 2.05) is 0 Å². The second kappa shape index (κ2) is 6.57. The van der Waals surface area contributed by atoms with Gasteiger partial charge in [0.05, 0.1) is 30.2 Å². The minimum atomic E-state index is -0.604. The van der Waals surface area contributed by atoms with Gasteiger partial charge in [0.1, 0.15) is 11.6 Å². The van der Waals surface area contributed by atoms with Crippen molar-refractivity contribution in [3.05, 3.63) is 48.3 Å². The number of nitrogens with zero attached hydrogens (tertiary/aromatic N) is 1. The fraction of sp³-hybridized carbons (Fsp3) is 0.0667. The van der Waals surface area contributed by atoms with Crippen LogP contribution in [0.2, 0.25) is 0 Å². The summed E-state index contributed by atoms with van der Waals surface area (Å²) in [6, 6.07) is 11.3. The third-order valence-electron chi connectivity index (χ3n) is 2.91. The van der Waals surface area contributed by atoms with Gasteiger partial charge >= 0.3 is 6.09 Å². The summed E-state index contributed by atoms with van der Waals surface area (Å²) in [5, 5.41) is 2.45. The van der Waals surface area contributed by atoms with Crippen LogP contribution in [0.1, 0.15) is 0 Å². The van der Waals surface area contributed by atoms with Crippen molar-refractivity contribution in [2.24, 2.45) is 0 Å². The smallest absolute Gasteiger partial charge is 0.413 e. The van der Waals surface area contributed by atoms with E-state index in [4.69, 9.17) is 4.18 Å². The van der Waals surface area contributed by atoms with Crippen molar-refractivity contribution in [1.82, 2.24) is 9.97 Å². The monoisotopic (exact) mass is 333 g/mol. The number of hydrogen-bond acceptors (Lipinski definition) is 5. The molecule has 8 heteroatoms. The molecule has 23 heavy (non-hydrogen) atoms. The normalized spacial score (nSPS) is 10.5. The third-order valence-corrected chi connectivity index (χ3v) is 3.65. The summed E-state index contributed by atoms with van der Waals surface area (Å²) in [6.07, 6.45) is -0.604. The minimum absolute atomic E-state index is 0.287. The topological polar surface area (TPSA) is 76.2 Å². The van der Waals surface area contributed by atoms with Gasteiger partial charge in [-0.05, 0) is 36.4 Å². The van der Waals surface area contributed by atoms with Crippen LogP contribution in [0.15, 0.2) is 47.4 Å². The number of nitrogens with one attached hydrogen (secondary N) is 2. The standard InChI is InChI=1S/C15H12FN3O3S/c1-21-15(20)19-14-17-12-7-4-10(8-13(12)18-14)22-23-11-5-2-9(16)3-6-11/h2-8H,1H3,(H2,17,18,19,20). The van der Waals surface area contributed by atoms with E-state index in [-0.39, 0.29) is 11.8 Å². The number of amides is 1. The molecular formula is C15H12FN3O3S. The lowest BCUT2D eigenvalue weighted by Gasteiger charge is -2.03. The van der Waals surface area contributed by atoms with Crippen molar-refractivity contribution < 1.29 is 18.1 Å². The van der Waals surface area contributed by atoms with Crippen molar-refractivity contribution in [1.29, 1.82) is 0 Å². The van der Waals surface area contributed by atoms with Crippen LogP contribution in [0.5, 0.6) is 5.75 Å². The van der Waals surface area contributed by atoms with Crippen LogP contribution >= 0.6 is 12.0 Å². The summed E-state index contributed by atoms with van der Waals surface area (Å²) in [6.45, 7) is 0. The molecule has 2 aromatic carbocycles. The molecule has 0 aliphatic carbocycles. The molecule has 0 saturated carbocycles. The lowest BCUT2D eigenvalue weighted by Crippen LogP contribution is -2.11. The van der Waals surface area contributed by atoms with Crippen molar-refractivity contribution in [3.63, 3.8) is 0 Å². The molecule has 0 radical (unpaired) electrons. The largest absolute Gasteiger partial charge is 0.453 e. The first-order valence-corrected chi connectivity index (χ1v) is 7.33. The van der Waals surface area contributed by atoms with Crippen molar-refractivity contribution in [3.8, 4) is 5.75 Å². The van der Waals surface area contributed by atoms with E-state index in [9.17, 15) is 9.18 Å². The number of carbonyl (C=O) groups excluding carboxylic acids is 1. The van der Waals surface area contributed by atoms with Crippen LogP contribution in [0.3, 0.4) is 0 Å². The summed E-state index contributed by atoms with van der Waals surface area (Å²) in [7, 11) is 1.27. The van der Waals surface area contributed by atoms with Crippen LogP contribution in [-0.4, -0.2) is 23.2 Å². The van der Waals surface area contributed by atoms with Gasteiger partial charge < -0.3 is 13.9 Å². The minimum Gasteiger partial charge on any atom is -0.453 e. The quantitative estimate of drug-likeness (QED) is 0.707. The molecule has 0 aliphatic rings. The third kappa shape index (κ3) is 3.72. The highest BCUT2D eigenvalue weighted by Crippen LogP contribution is 2.26. The average molecular weight is 333 g/mol. The van der Waals surface area contributed by atoms with E-state index in [1.165, 1.54) is 19.2 Å². The fourth-order valence-corrected chi connectivity index (χ4v) is 2.38. The number of H-pyrrole nitrogens is 1. The maximum atomic E-state index is 12.8. The number of halogens is 1. The van der Waals surface area contributed by atoms with Gasteiger partial charge in [-0.25, -0.2) is 14.2 Å². The number of carbonyl (C=O) groups is 1. The Labute approximate surface area is 135 Å². The van der Waals surface area contributed by atoms with E-state index in [0.29, 0.717) is 16.8 Å². The Morgan fingerprint density at radius 3 is 2.78 bits per heavy atom. The zero-order valence-corrected chi connectivity index (χ0v) is 12.8. The zero-order valence-electron chi connectivity index (χ0n) is 12.0. The summed E-state index contributed by atoms with van der Waals surface area (Å²) >= 11 is 1.12. The number of fused-ring (bicyclic) bond motifs is 1. The Morgan fingerprint density at radius 2 is 2.04 bits per heavy atom. The van der Waals surface area contributed by atoms with Crippen molar-refractivity contribution in [2.75, 3.05) is 12.4 Å². The molecule has 0 unspecified atom stereocenters. The maximum absolute atomic E-state index is 12.8. The number of anilines is 1. The Morgan fingerprint density at radius 1 is 1.26 bits per heavy atom. The summed E-state index contributed by atoms with van der Waals surface area (Å²) in [5.41, 5.74) is 1.38. The van der Waals surface area contributed by atoms with Gasteiger partial charge in [-0.15, -0.1) is 0 Å². The van der Waals surface area contributed by atoms with Crippen molar-refractivity contribution in [2.45, 2.75) is 4.90 Å². The number of rotatable bonds is 4. The number of imidazole rings is 1. The highest BCUT2D eigenvalue weighted by atomic mass is 32.2. The number of benzene rings is 2. The molecule has 0 aliphatic heterocycles. The van der Waals surface area contributed by atoms with Crippen molar-refractivity contribution >= 4 is 35.1 Å². The van der Waals surface area contributed by atoms with E-state index in [2.05, 4.69) is 20.0 Å². The molecule has 0 atom stereocenters. The molecule has 3 rings (SSSR count). The number of hydrogen-bond donors (Lipinski definition) is 2. The van der Waals surface area contributed by atoms with E-state index in [0.717, 1.165) is 16.9 Å². The molecule has 1 aromatic heterocycles. The summed E-state index contributed by atoms with van der Waals surface area (Å²) in [5.74, 6) is 0.592. The highest BCUT2D eigenvalue weighted by molar-refractivity contribution is 7.95. The van der Waals surface area contributed by atoms with Gasteiger partial charge in [0.25, 0.3) is 0 Å². The molecule has 0 bridgehead atoms. The first-order valence-electron chi connectivity index (χ1n) is 6.59. The van der Waals surface area contributed by atoms with Crippen LogP contribution in [0, 0.1) is 5.82 Å². The van der Waals surface area contributed by atoms with Gasteiger partial charge in [0.15, 0.2) is 0 Å². The van der Waals surface area contributed by atoms with E-state index < -0.39 is 6.09 Å². The Kier molecular flexibility index (Phi) is 4.33. The predicted octanol–water partition coefficient (Wildman–Crippen LogP) is 3.97. The molecule has 0 fully saturated rings. The first kappa shape index (κ1) is 15.2. The van der Waals surface area contributed by atoms with E-state index in [1.54, 1.807) is 30.3 Å². The van der Waals surface area contributed by atoms with Crippen LogP contribution in [-0.2, 0) is 4.74 Å². The predicted molar refractivity (Wildman–Crippen MR) is 85.0 cm³/mol. The van der Waals surface area contributed by atoms with Crippen LogP contribution in [0.4, 0.5) is 15.1 Å². The fourth-order valence-electron chi connectivity index (χ4n) is 1.83. The van der Waals surface area contributed by atoms with Crippen LogP contribution < -0.4 is 9.50 Å². The van der Waals surface area contributed by atoms with Gasteiger partial charge in [0, 0.05) is 11.0 Å². The SMILES string of the molecule is COC(=O)Nc1nc2ccc(OSc3ccc(F)cc3)cc2[nH]1. The highest BCUT2D eigenvalue weighted by Gasteiger charge is 2.08. The maximum Gasteiger partial charge on any atom is 0.413 e. The molecular weight excluding hydrogens is 321 g/mol. The van der Waals surface area contributed by atoms with E-state index >= 15 is 0 Å². The second-order valence-electron chi connectivity index (χ2n) is 4.50. The zero-order chi connectivity index (χ0) is 16.2. The number of aromatic nitrogens is 2. The Hall–Kier alpha value is -2.74. The molecule has 6 nitrogen and oxygen atoms in total. The Balaban J connectivity index is 1.71. The molecule has 0 spiro atoms. The molecule has 3 aromatic rings. The lowest BCUT2D eigenvalue weighted by molar-refractivity contribution is 0.186. The summed E-state index contributed by atoms with van der Waals surface area (Å²) < 4.78 is 22.9. The Bertz CT molecular complexity index is 836. The lowest BCUT2D eigenvalue weighted by atomic mass is 10.3.